The molecule has 0 bridgehead atoms. The molecular weight excluding hydrogens is 1090 g/mol. The molecule has 0 heterocycles. The van der Waals surface area contributed by atoms with E-state index >= 15 is 0 Å². The van der Waals surface area contributed by atoms with Gasteiger partial charge in [0.25, 0.3) is 0 Å². The topological polar surface area (TPSA) is 124 Å². The Balaban J connectivity index is 0.000000541. The number of halogens is 8. The second kappa shape index (κ2) is 22.5. The Hall–Kier alpha value is -3.32. The van der Waals surface area contributed by atoms with Crippen LogP contribution in [0.1, 0.15) is 23.1 Å². The molecule has 0 saturated carbocycles. The summed E-state index contributed by atoms with van der Waals surface area (Å²) in [5.74, 6) is 1.03. The Bertz CT molecular complexity index is 2340. The zero-order chi connectivity index (χ0) is 46.6. The molecule has 0 saturated heterocycles. The first-order valence-corrected chi connectivity index (χ1v) is 23.6. The minimum Gasteiger partial charge on any atom is -0.741 e. The zero-order valence-corrected chi connectivity index (χ0v) is 40.0. The molecule has 62 heavy (non-hydrogen) atoms. The molecule has 0 unspecified atom stereocenters. The fraction of sp³-hybridized carbons (Fsp3) is 0.302. The van der Waals surface area contributed by atoms with Crippen LogP contribution in [0.3, 0.4) is 0 Å². The highest BCUT2D eigenvalue weighted by Crippen LogP contribution is 2.30. The molecule has 19 heteroatoms. The number of alkyl halides is 6. The van der Waals surface area contributed by atoms with Crippen LogP contribution in [0, 0.1) is 7.14 Å². The van der Waals surface area contributed by atoms with E-state index in [1.54, 1.807) is 0 Å². The largest absolute Gasteiger partial charge is 0.741 e. The van der Waals surface area contributed by atoms with Gasteiger partial charge in [-0.15, -0.1) is 0 Å². The molecule has 5 aromatic carbocycles. The number of quaternary nitrogens is 2. The maximum Gasteiger partial charge on any atom is 0.485 e. The quantitative estimate of drug-likeness (QED) is 0.0271. The van der Waals surface area contributed by atoms with Crippen molar-refractivity contribution >= 4 is 65.4 Å². The first kappa shape index (κ1) is 53.0. The van der Waals surface area contributed by atoms with E-state index in [2.05, 4.69) is 195 Å². The Morgan fingerprint density at radius 2 is 0.855 bits per heavy atom. The van der Waals surface area contributed by atoms with Crippen molar-refractivity contribution in [2.45, 2.75) is 36.9 Å². The second-order valence-electron chi connectivity index (χ2n) is 15.4. The maximum absolute atomic E-state index is 10.7. The van der Waals surface area contributed by atoms with Crippen molar-refractivity contribution in [3.05, 3.63) is 145 Å². The third-order valence-electron chi connectivity index (χ3n) is 9.13. The summed E-state index contributed by atoms with van der Waals surface area (Å²) in [6.07, 6.45) is 2.06. The number of rotatable bonds is 14. The van der Waals surface area contributed by atoms with E-state index in [9.17, 15) is 26.3 Å². The fourth-order valence-electron chi connectivity index (χ4n) is 6.01. The minimum atomic E-state index is -6.09. The Morgan fingerprint density at radius 1 is 0.532 bits per heavy atom. The first-order chi connectivity index (χ1) is 28.6. The summed E-state index contributed by atoms with van der Waals surface area (Å²) in [7, 11) is -2.89. The number of likely N-dealkylation sites (N-methyl/N-ethyl adjacent to an activating group) is 1. The van der Waals surface area contributed by atoms with Crippen LogP contribution in [0.2, 0.25) is 0 Å². The summed E-state index contributed by atoms with van der Waals surface area (Å²) >= 11 is 4.90. The molecule has 0 aromatic heterocycles. The van der Waals surface area contributed by atoms with Gasteiger partial charge in [-0.25, -0.2) is 16.8 Å². The van der Waals surface area contributed by atoms with Crippen LogP contribution in [-0.2, 0) is 39.7 Å². The highest BCUT2D eigenvalue weighted by Gasteiger charge is 2.37. The maximum atomic E-state index is 10.7. The van der Waals surface area contributed by atoms with Crippen molar-refractivity contribution in [2.75, 3.05) is 47.9 Å². The molecule has 0 radical (unpaired) electrons. The van der Waals surface area contributed by atoms with E-state index in [1.165, 1.54) is 46.1 Å². The summed E-state index contributed by atoms with van der Waals surface area (Å²) in [6, 6.07) is 43.9. The van der Waals surface area contributed by atoms with Crippen LogP contribution in [0.5, 0.6) is 5.75 Å². The average Bonchev–Trinajstić information content (AvgIpc) is 3.16. The lowest BCUT2D eigenvalue weighted by atomic mass is 10.0. The number of ether oxygens (including phenoxy) is 1. The molecule has 0 atom stereocenters. The second-order valence-corrected chi connectivity index (χ2v) is 20.5. The molecule has 338 valence electrons. The van der Waals surface area contributed by atoms with Gasteiger partial charge in [0.1, 0.15) is 18.8 Å². The lowest BCUT2D eigenvalue weighted by Gasteiger charge is -2.30. The number of hydrogen-bond acceptors (Lipinski definition) is 7. The standard InChI is InChI=1S/C41H46I2N2O.2CHF3O3S/c1-44(2,30-32-16-20-37(21-17-32)35-12-7-5-8-13-35)25-11-27-46-41-39(42)28-34(29-40(41)43)24-26-45(3,4)31-33-18-22-38(23-19-33)36-14-9-6-10-15-36;2*2-1(3,4)8(5,6)7/h5-10,12-23,28-29H,11,24-27,30-31H2,1-4H3;2*(H,5,6,7)/q+2;;/p-2. The summed E-state index contributed by atoms with van der Waals surface area (Å²) in [5, 5.41) is 0. The lowest BCUT2D eigenvalue weighted by molar-refractivity contribution is -0.903. The summed E-state index contributed by atoms with van der Waals surface area (Å²) in [6.45, 7) is 4.89. The Labute approximate surface area is 386 Å². The SMILES string of the molecule is C[N+](C)(CCCOc1c(I)cc(CC[N+](C)(C)Cc2ccc(-c3ccccc3)cc2)cc1I)Cc1ccc(-c2ccccc2)cc1.O=S(=O)([O-])C(F)(F)F.O=S(=O)([O-])C(F)(F)F. The number of hydrogen-bond donors (Lipinski definition) is 0. The summed E-state index contributed by atoms with van der Waals surface area (Å²) in [4.78, 5) is 0. The van der Waals surface area contributed by atoms with Gasteiger partial charge in [0.15, 0.2) is 20.2 Å². The zero-order valence-electron chi connectivity index (χ0n) is 34.1. The van der Waals surface area contributed by atoms with E-state index in [1.807, 2.05) is 0 Å². The van der Waals surface area contributed by atoms with E-state index in [4.69, 9.17) is 30.7 Å². The number of benzene rings is 5. The summed E-state index contributed by atoms with van der Waals surface area (Å²) < 4.78 is 128. The van der Waals surface area contributed by atoms with E-state index < -0.39 is 31.3 Å². The normalized spacial score (nSPS) is 12.4. The van der Waals surface area contributed by atoms with Gasteiger partial charge in [-0.05, 0) is 85.1 Å². The van der Waals surface area contributed by atoms with Gasteiger partial charge in [-0.2, -0.15) is 26.3 Å². The van der Waals surface area contributed by atoms with E-state index in [0.29, 0.717) is 0 Å². The van der Waals surface area contributed by atoms with Gasteiger partial charge >= 0.3 is 11.0 Å². The third kappa shape index (κ3) is 18.0. The molecule has 0 aliphatic rings. The predicted octanol–water partition coefficient (Wildman–Crippen LogP) is 10.2. The molecular formula is C43H46F6I2N2O7S2. The summed E-state index contributed by atoms with van der Waals surface area (Å²) in [5.41, 5.74) is -2.10. The molecule has 0 fully saturated rings. The molecule has 9 nitrogen and oxygen atoms in total. The molecule has 0 spiro atoms. The van der Waals surface area contributed by atoms with Crippen molar-refractivity contribution in [2.24, 2.45) is 0 Å². The number of nitrogens with zero attached hydrogens (tertiary/aromatic N) is 2. The van der Waals surface area contributed by atoms with Crippen LogP contribution < -0.4 is 4.74 Å². The van der Waals surface area contributed by atoms with Crippen molar-refractivity contribution in [3.8, 4) is 28.0 Å². The predicted molar refractivity (Wildman–Crippen MR) is 242 cm³/mol. The van der Waals surface area contributed by atoms with Gasteiger partial charge in [0, 0.05) is 24.0 Å². The third-order valence-corrected chi connectivity index (χ3v) is 11.9. The molecule has 0 amide bonds. The van der Waals surface area contributed by atoms with Crippen LogP contribution >= 0.6 is 45.2 Å². The molecule has 5 aromatic rings. The highest BCUT2D eigenvalue weighted by atomic mass is 127. The van der Waals surface area contributed by atoms with Gasteiger partial charge in [0.05, 0.1) is 55.0 Å². The van der Waals surface area contributed by atoms with Gasteiger partial charge < -0.3 is 22.8 Å². The monoisotopic (exact) mass is 1130 g/mol. The van der Waals surface area contributed by atoms with Crippen molar-refractivity contribution in [1.82, 2.24) is 0 Å². The smallest absolute Gasteiger partial charge is 0.485 e. The Kier molecular flexibility index (Phi) is 19.3. The Morgan fingerprint density at radius 3 is 1.19 bits per heavy atom. The van der Waals surface area contributed by atoms with Crippen LogP contribution in [0.4, 0.5) is 26.3 Å². The van der Waals surface area contributed by atoms with Crippen LogP contribution in [-0.4, -0.2) is 93.8 Å². The minimum absolute atomic E-state index is 0.729. The van der Waals surface area contributed by atoms with Gasteiger partial charge in [-0.1, -0.05) is 109 Å². The molecule has 0 N–H and O–H groups in total. The van der Waals surface area contributed by atoms with Crippen LogP contribution in [0.15, 0.2) is 121 Å². The molecule has 0 aliphatic heterocycles. The van der Waals surface area contributed by atoms with Crippen molar-refractivity contribution < 1.29 is 66.0 Å². The van der Waals surface area contributed by atoms with Crippen LogP contribution in [0.25, 0.3) is 22.3 Å². The molecule has 0 aliphatic carbocycles. The van der Waals surface area contributed by atoms with Crippen molar-refractivity contribution in [3.63, 3.8) is 0 Å². The van der Waals surface area contributed by atoms with E-state index in [-0.39, 0.29) is 0 Å². The van der Waals surface area contributed by atoms with Crippen molar-refractivity contribution in [1.29, 1.82) is 0 Å². The fourth-order valence-corrected chi connectivity index (χ4v) is 8.21. The highest BCUT2D eigenvalue weighted by molar-refractivity contribution is 14.1. The first-order valence-electron chi connectivity index (χ1n) is 18.6. The average molecular weight is 1130 g/mol. The van der Waals surface area contributed by atoms with E-state index in [0.717, 1.165) is 60.3 Å². The molecule has 5 rings (SSSR count). The van der Waals surface area contributed by atoms with Gasteiger partial charge in [-0.3, -0.25) is 0 Å². The lowest BCUT2D eigenvalue weighted by Crippen LogP contribution is -2.40. The van der Waals surface area contributed by atoms with Gasteiger partial charge in [0.2, 0.25) is 0 Å².